The van der Waals surface area contributed by atoms with E-state index in [-0.39, 0.29) is 139 Å². The van der Waals surface area contributed by atoms with Crippen molar-refractivity contribution in [2.75, 3.05) is 113 Å². The fourth-order valence-electron chi connectivity index (χ4n) is 6.65. The average Bonchev–Trinajstić information content (AvgIpc) is 1.71. The molecule has 6 heterocycles. The molecule has 0 aliphatic heterocycles. The van der Waals surface area contributed by atoms with Gasteiger partial charge < -0.3 is 101 Å². The van der Waals surface area contributed by atoms with Crippen LogP contribution >= 0.6 is 121 Å². The number of rotatable bonds is 29. The lowest BCUT2D eigenvalue weighted by atomic mass is 10.0. The summed E-state index contributed by atoms with van der Waals surface area (Å²) in [4.78, 5) is 125. The summed E-state index contributed by atoms with van der Waals surface area (Å²) >= 11 is 28.6. The van der Waals surface area contributed by atoms with Crippen LogP contribution in [0.3, 0.4) is 0 Å². The van der Waals surface area contributed by atoms with Gasteiger partial charge in [0.05, 0.1) is 86.1 Å². The molecule has 0 aromatic carbocycles. The molecule has 7 N–H and O–H groups in total. The second kappa shape index (κ2) is 99.5. The van der Waals surface area contributed by atoms with Gasteiger partial charge >= 0.3 is 54.6 Å². The first-order valence-corrected chi connectivity index (χ1v) is 40.7. The molecule has 6 aromatic rings. The Morgan fingerprint density at radius 1 is 0.581 bits per heavy atom. The standard InChI is InChI=1S/C10H12ClNO3.C9H9N3O3.C9H14N2O2.C7H13NO2.C6H13BrO2.C6H6ClNO2.C5H3ClN2.C5H4ClNO2.C5H10O2.C4H9BrO2.C4H5NO2.C3H2N2.CO2.2CH4.2ClH.H4P2/c1-3-15-10(14)6(2)8(13)7-4-5-12-9(7)11;1-2-15-9(14)6-7(13)5-3-4-10-8(5)12-11-6;1-4-12-9(13-5-2)6-8(7-10)11-3;1-6(5-8)4-7(9-2)10-3;1-3-8-6(5-7)9-4-2;1-10-6(9)4-2-3-8-5(4)7;6-5-4(3-7)1-2-8-5;6-4-3(5(8)9)1-2-7-4;1-3-5(6)7-4-2;1-6-4(3-5)7-2;1-5-3-4(6)7-2;1-5-3-2-4;2-1-3;;;;;1-2/h4-6,12H,3H2,1-2H3;3-4H,2H2,1H3,(H2,10,12,13);8-9H,4-6H2,1-2H3;6-7H,4H2,1-3H3;6H,3-5H2,1-2H3;2-3,8H,1H3;1-2,8H;1-2,7H,(H,8,9);3-4H2,1-2H3;4H,3H2,1-2H3;3H2,2H3;3H2;;2*1H4;2*1H;1-2H2/i;;;;;;;;;;;;;;;;;1T. The van der Waals surface area contributed by atoms with Crippen LogP contribution in [0.1, 0.15) is 150 Å². The molecule has 0 saturated heterocycles. The number of halogens is 8. The summed E-state index contributed by atoms with van der Waals surface area (Å²) in [5.41, 5.74) is 1.13. The summed E-state index contributed by atoms with van der Waals surface area (Å²) in [7, 11) is 11.4. The SMILES string of the molecule is C.C.CCOC(=O)C(C)C(=O)c1cc[nH]c1Cl.CCOC(=O)CC.CCOC(=O)c1n[nH]c2[nH]ccc2c1=O.CCOC(CBr)OCC.COC(=O)c1cc[nH]c1Cl.COC(CBr)OC.COC(CC(C)C#N)OC.Cl.Cl.N#Cc1cc[nH]c1Cl.O=C(O)c1cc[nH]c1Cl.O=C=O.[3H]PP.[C-]#[N+]C(C#N)CC(OCC)OCC.[C-]#[N+]CC#N.[C-]#[N+]CC(=O)OC. The van der Waals surface area contributed by atoms with Gasteiger partial charge in [0.25, 0.3) is 6.54 Å². The van der Waals surface area contributed by atoms with E-state index in [1.165, 1.54) is 33.4 Å². The maximum Gasteiger partial charge on any atom is 0.386 e. The smallest absolute Gasteiger partial charge is 0.386 e. The van der Waals surface area contributed by atoms with Gasteiger partial charge in [-0.1, -0.05) is 100 Å². The first-order valence-electron chi connectivity index (χ1n) is 35.2. The third-order valence-electron chi connectivity index (χ3n) is 12.2. The summed E-state index contributed by atoms with van der Waals surface area (Å²) in [5, 5.41) is 50.4. The van der Waals surface area contributed by atoms with E-state index in [1.54, 1.807) is 111 Å². The summed E-state index contributed by atoms with van der Waals surface area (Å²) < 4.78 is 68.9. The molecular formula is C76H114Br2Cl6N14O24P2. The number of H-pyrrole nitrogens is 6. The molecule has 0 spiro atoms. The highest BCUT2D eigenvalue weighted by molar-refractivity contribution is 9.09. The van der Waals surface area contributed by atoms with E-state index in [0.29, 0.717) is 90.3 Å². The number of hydrogen-bond donors (Lipinski definition) is 7. The number of nitrogens with zero attached hydrogens (tertiary/aromatic N) is 8. The molecule has 6 rings (SSSR count). The number of fused-ring (bicyclic) bond motifs is 1. The van der Waals surface area contributed by atoms with Crippen LogP contribution in [0, 0.1) is 76.9 Å². The molecule has 6 aromatic heterocycles. The number of nitrogens with one attached hydrogen (secondary N) is 6. The largest absolute Gasteiger partial charge is 0.478 e. The number of carboxylic acid groups (broad SMARTS) is 1. The number of aromatic nitrogens is 7. The molecular weight excluding hydrogens is 1930 g/mol. The number of aromatic amines is 6. The van der Waals surface area contributed by atoms with Crippen LogP contribution in [0.5, 0.6) is 0 Å². The number of Topliss-reactive ketones (excluding diaryl/α,β-unsaturated/α-hetero) is 1. The lowest BCUT2D eigenvalue weighted by Gasteiger charge is -2.14. The number of ketones is 1. The fourth-order valence-corrected chi connectivity index (χ4v) is 8.35. The zero-order valence-corrected chi connectivity index (χ0v) is 79.8. The Labute approximate surface area is 779 Å². The van der Waals surface area contributed by atoms with E-state index in [9.17, 15) is 38.4 Å². The first-order chi connectivity index (χ1) is 57.7. The molecule has 0 amide bonds. The summed E-state index contributed by atoms with van der Waals surface area (Å²) in [6.45, 7) is 40.0. The van der Waals surface area contributed by atoms with Crippen molar-refractivity contribution in [3.63, 3.8) is 0 Å². The Morgan fingerprint density at radius 2 is 1.02 bits per heavy atom. The minimum atomic E-state index is -1.01. The van der Waals surface area contributed by atoms with Crippen LogP contribution < -0.4 is 5.43 Å². The zero-order chi connectivity index (χ0) is 94.5. The van der Waals surface area contributed by atoms with Gasteiger partial charge in [-0.2, -0.15) is 35.7 Å². The normalized spacial score (nSPS) is 9.76. The van der Waals surface area contributed by atoms with Crippen LogP contribution in [0.25, 0.3) is 25.6 Å². The molecule has 0 aliphatic carbocycles. The van der Waals surface area contributed by atoms with Gasteiger partial charge in [-0.15, -0.1) is 42.6 Å². The van der Waals surface area contributed by atoms with E-state index in [2.05, 4.69) is 111 Å². The number of hydrogen-bond acceptors (Lipinski definition) is 28. The van der Waals surface area contributed by atoms with E-state index in [1.807, 2.05) is 46.8 Å². The zero-order valence-electron chi connectivity index (χ0n) is 70.8. The monoisotopic (exact) mass is 2040 g/mol. The number of carbonyl (C=O) groups excluding carboxylic acids is 8. The number of carboxylic acids is 1. The maximum atomic E-state index is 11.7. The molecule has 5 atom stereocenters. The second-order valence-electron chi connectivity index (χ2n) is 20.1. The molecule has 0 bridgehead atoms. The second-order valence-corrected chi connectivity index (χ2v) is 22.9. The van der Waals surface area contributed by atoms with Crippen LogP contribution in [-0.4, -0.2) is 233 Å². The van der Waals surface area contributed by atoms with Crippen molar-refractivity contribution in [3.8, 4) is 24.3 Å². The minimum absolute atomic E-state index is 0. The van der Waals surface area contributed by atoms with Gasteiger partial charge in [0.15, 0.2) is 37.0 Å². The number of esters is 5. The van der Waals surface area contributed by atoms with Crippen molar-refractivity contribution in [2.45, 2.75) is 135 Å². The van der Waals surface area contributed by atoms with Gasteiger partial charge in [-0.25, -0.2) is 38.9 Å². The summed E-state index contributed by atoms with van der Waals surface area (Å²) in [5.74, 6) is -4.44. The Balaban J connectivity index is -0.000000112. The molecule has 0 aliphatic rings. The predicted molar refractivity (Wildman–Crippen MR) is 486 cm³/mol. The van der Waals surface area contributed by atoms with Gasteiger partial charge in [-0.05, 0) is 92.6 Å². The number of ether oxygens (including phenoxy) is 13. The summed E-state index contributed by atoms with van der Waals surface area (Å²) in [6, 6.07) is 14.6. The Bertz CT molecular complexity index is 4100. The molecule has 0 radical (unpaired) electrons. The van der Waals surface area contributed by atoms with E-state index in [0.717, 1.165) is 10.7 Å². The van der Waals surface area contributed by atoms with Gasteiger partial charge in [-0.3, -0.25) is 29.1 Å². The van der Waals surface area contributed by atoms with Crippen LogP contribution in [-0.2, 0) is 85.6 Å². The Morgan fingerprint density at radius 3 is 1.30 bits per heavy atom. The molecule has 48 heteroatoms. The minimum Gasteiger partial charge on any atom is -0.478 e. The summed E-state index contributed by atoms with van der Waals surface area (Å²) in [6.07, 6.45) is 8.68. The predicted octanol–water partition coefficient (Wildman–Crippen LogP) is 16.0. The first kappa shape index (κ1) is 138. The van der Waals surface area contributed by atoms with Crippen LogP contribution in [0.2, 0.25) is 20.6 Å². The number of methoxy groups -OCH3 is 6. The quantitative estimate of drug-likeness (QED) is 0.00264. The van der Waals surface area contributed by atoms with Crippen LogP contribution in [0.15, 0.2) is 66.1 Å². The van der Waals surface area contributed by atoms with Crippen molar-refractivity contribution in [3.05, 3.63) is 154 Å². The Hall–Kier alpha value is -8.92. The Kier molecular flexibility index (Phi) is 111. The fraction of sp³-hybridized carbons (Fsp3) is 0.513. The molecule has 0 saturated carbocycles. The highest BCUT2D eigenvalue weighted by atomic mass is 79.9. The van der Waals surface area contributed by atoms with Gasteiger partial charge in [0.2, 0.25) is 11.1 Å². The van der Waals surface area contributed by atoms with Gasteiger partial charge in [0.1, 0.15) is 44.3 Å². The number of nitriles is 4. The average molecular weight is 2040 g/mol. The number of aromatic carboxylic acids is 1. The van der Waals surface area contributed by atoms with E-state index < -0.39 is 53.5 Å². The molecule has 0 fully saturated rings. The number of carbonyl (C=O) groups is 7. The highest BCUT2D eigenvalue weighted by Gasteiger charge is 2.26. The lowest BCUT2D eigenvalue weighted by molar-refractivity contribution is -0.192. The van der Waals surface area contributed by atoms with Crippen LogP contribution in [0.4, 0.5) is 0 Å². The highest BCUT2D eigenvalue weighted by Crippen LogP contribution is 2.19. The number of alkyl halides is 2. The lowest BCUT2D eigenvalue weighted by Crippen LogP contribution is -2.23. The van der Waals surface area contributed by atoms with Crippen molar-refractivity contribution >= 4 is 180 Å². The molecule has 124 heavy (non-hydrogen) atoms. The van der Waals surface area contributed by atoms with Gasteiger partial charge in [0, 0.05) is 105 Å². The van der Waals surface area contributed by atoms with Crippen molar-refractivity contribution in [1.29, 1.82) is 22.3 Å². The third kappa shape index (κ3) is 74.5. The maximum absolute atomic E-state index is 11.7. The molecule has 5 unspecified atom stereocenters. The van der Waals surface area contributed by atoms with E-state index >= 15 is 0 Å². The molecule has 38 nitrogen and oxygen atoms in total. The van der Waals surface area contributed by atoms with Crippen molar-refractivity contribution in [2.24, 2.45) is 11.8 Å². The topological polar surface area (TPSA) is 527 Å². The van der Waals surface area contributed by atoms with Crippen molar-refractivity contribution in [1.82, 2.24) is 35.1 Å². The van der Waals surface area contributed by atoms with E-state index in [4.69, 9.17) is 151 Å². The van der Waals surface area contributed by atoms with Crippen molar-refractivity contribution < 1.29 is 110 Å². The molecule has 698 valence electrons. The third-order valence-corrected chi connectivity index (χ3v) is 14.5.